The standard InChI is InChI=1S/C38H47F3N6O9S/c1-25(2)24-57(51,52)30-9-7-6-8-29(30)54-28-11-10-26(22-27(28)38(39,40)41)32-42-31(56-43-32)23-46-33(48)37(12-14-45(15-13-37)35(50)55-36(3,4)5)47(34(46)49)17-16-44-18-20-53-21-19-44/h6-11,22,25H,12-21,23-24H2,1-5H3. The maximum absolute atomic E-state index is 14.5. The molecule has 0 atom stereocenters. The van der Waals surface area contributed by atoms with Gasteiger partial charge in [-0.15, -0.1) is 0 Å². The van der Waals surface area contributed by atoms with Gasteiger partial charge in [0.15, 0.2) is 9.84 Å². The van der Waals surface area contributed by atoms with E-state index in [1.165, 1.54) is 40.1 Å². The fourth-order valence-corrected chi connectivity index (χ4v) is 8.92. The van der Waals surface area contributed by atoms with Crippen molar-refractivity contribution in [1.82, 2.24) is 29.7 Å². The summed E-state index contributed by atoms with van der Waals surface area (Å²) in [7, 11) is -3.88. The predicted molar refractivity (Wildman–Crippen MR) is 198 cm³/mol. The van der Waals surface area contributed by atoms with E-state index in [9.17, 15) is 36.0 Å². The van der Waals surface area contributed by atoms with E-state index in [1.807, 2.05) is 0 Å². The number of urea groups is 1. The zero-order chi connectivity index (χ0) is 41.3. The number of hydrogen-bond acceptors (Lipinski definition) is 12. The van der Waals surface area contributed by atoms with Crippen molar-refractivity contribution in [3.05, 3.63) is 53.9 Å². The van der Waals surface area contributed by atoms with Crippen LogP contribution in [0, 0.1) is 5.92 Å². The monoisotopic (exact) mass is 820 g/mol. The number of amides is 4. The van der Waals surface area contributed by atoms with Crippen LogP contribution in [-0.2, 0) is 36.8 Å². The zero-order valence-electron chi connectivity index (χ0n) is 32.5. The number of carbonyl (C=O) groups excluding carboxylic acids is 3. The number of halogens is 3. The fourth-order valence-electron chi connectivity index (χ4n) is 7.16. The van der Waals surface area contributed by atoms with Gasteiger partial charge in [0.2, 0.25) is 11.7 Å². The molecule has 0 aliphatic carbocycles. The summed E-state index contributed by atoms with van der Waals surface area (Å²) in [5.74, 6) is -2.31. The molecule has 19 heteroatoms. The maximum Gasteiger partial charge on any atom is 0.420 e. The van der Waals surface area contributed by atoms with Gasteiger partial charge in [-0.05, 0) is 69.9 Å². The van der Waals surface area contributed by atoms with Gasteiger partial charge in [0, 0.05) is 44.8 Å². The fraction of sp³-hybridized carbons (Fsp3) is 0.553. The molecule has 1 aromatic heterocycles. The van der Waals surface area contributed by atoms with Crippen LogP contribution in [0.3, 0.4) is 0 Å². The van der Waals surface area contributed by atoms with Gasteiger partial charge in [-0.3, -0.25) is 14.6 Å². The van der Waals surface area contributed by atoms with Crippen molar-refractivity contribution in [3.63, 3.8) is 0 Å². The van der Waals surface area contributed by atoms with Crippen LogP contribution in [0.2, 0.25) is 0 Å². The number of benzene rings is 2. The van der Waals surface area contributed by atoms with Crippen LogP contribution < -0.4 is 4.74 Å². The van der Waals surface area contributed by atoms with Crippen molar-refractivity contribution in [2.24, 2.45) is 5.92 Å². The van der Waals surface area contributed by atoms with Gasteiger partial charge in [0.05, 0.1) is 24.5 Å². The van der Waals surface area contributed by atoms with E-state index >= 15 is 0 Å². The summed E-state index contributed by atoms with van der Waals surface area (Å²) in [6.45, 7) is 11.7. The lowest BCUT2D eigenvalue weighted by atomic mass is 9.86. The molecule has 15 nitrogen and oxygen atoms in total. The van der Waals surface area contributed by atoms with Crippen LogP contribution in [-0.4, -0.2) is 126 Å². The first kappa shape index (κ1) is 41.9. The lowest BCUT2D eigenvalue weighted by Gasteiger charge is -2.42. The molecule has 4 amide bonds. The van der Waals surface area contributed by atoms with E-state index in [2.05, 4.69) is 15.0 Å². The molecule has 3 aliphatic heterocycles. The Morgan fingerprint density at radius 2 is 1.65 bits per heavy atom. The van der Waals surface area contributed by atoms with Crippen molar-refractivity contribution in [3.8, 4) is 22.9 Å². The van der Waals surface area contributed by atoms with Gasteiger partial charge in [0.25, 0.3) is 5.91 Å². The molecule has 0 radical (unpaired) electrons. The van der Waals surface area contributed by atoms with Gasteiger partial charge >= 0.3 is 18.3 Å². The lowest BCUT2D eigenvalue weighted by Crippen LogP contribution is -2.58. The van der Waals surface area contributed by atoms with Gasteiger partial charge < -0.3 is 28.5 Å². The van der Waals surface area contributed by atoms with Gasteiger partial charge in [-0.25, -0.2) is 18.0 Å². The van der Waals surface area contributed by atoms with Crippen LogP contribution in [0.1, 0.15) is 58.9 Å². The second kappa shape index (κ2) is 16.2. The first-order valence-electron chi connectivity index (χ1n) is 18.7. The van der Waals surface area contributed by atoms with Crippen molar-refractivity contribution < 1.29 is 54.7 Å². The summed E-state index contributed by atoms with van der Waals surface area (Å²) >= 11 is 0. The Bertz CT molecular complexity index is 2070. The Morgan fingerprint density at radius 3 is 2.30 bits per heavy atom. The molecule has 310 valence electrons. The number of hydrogen-bond donors (Lipinski definition) is 0. The minimum Gasteiger partial charge on any atom is -0.455 e. The molecule has 0 N–H and O–H groups in total. The average molecular weight is 821 g/mol. The van der Waals surface area contributed by atoms with E-state index in [0.29, 0.717) is 32.8 Å². The number of aromatic nitrogens is 2. The third kappa shape index (κ3) is 9.36. The van der Waals surface area contributed by atoms with E-state index < -0.39 is 63.0 Å². The molecule has 2 aromatic carbocycles. The summed E-state index contributed by atoms with van der Waals surface area (Å²) in [6.07, 6.45) is -5.13. The van der Waals surface area contributed by atoms with E-state index in [0.717, 1.165) is 17.0 Å². The third-order valence-corrected chi connectivity index (χ3v) is 12.0. The smallest absolute Gasteiger partial charge is 0.420 e. The highest BCUT2D eigenvalue weighted by Gasteiger charge is 2.58. The summed E-state index contributed by atoms with van der Waals surface area (Å²) in [4.78, 5) is 51.3. The lowest BCUT2D eigenvalue weighted by molar-refractivity contribution is -0.138. The predicted octanol–water partition coefficient (Wildman–Crippen LogP) is 5.84. The summed E-state index contributed by atoms with van der Waals surface area (Å²) in [6, 6.07) is 7.95. The molecular weight excluding hydrogens is 774 g/mol. The van der Waals surface area contributed by atoms with Crippen molar-refractivity contribution in [1.29, 1.82) is 0 Å². The number of imide groups is 1. The quantitative estimate of drug-likeness (QED) is 0.213. The third-order valence-electron chi connectivity index (χ3n) is 9.87. The Balaban J connectivity index is 1.23. The second-order valence-corrected chi connectivity index (χ2v) is 17.7. The number of morpholine rings is 1. The molecule has 3 fully saturated rings. The van der Waals surface area contributed by atoms with Gasteiger partial charge in [0.1, 0.15) is 34.1 Å². The number of para-hydroxylation sites is 1. The molecule has 0 saturated carbocycles. The minimum atomic E-state index is -4.93. The van der Waals surface area contributed by atoms with Crippen LogP contribution in [0.25, 0.3) is 11.4 Å². The van der Waals surface area contributed by atoms with E-state index in [-0.39, 0.29) is 72.1 Å². The SMILES string of the molecule is CC(C)CS(=O)(=O)c1ccccc1Oc1ccc(-c2noc(CN3C(=O)N(CCN4CCOCC4)C4(CCN(C(=O)OC(C)(C)C)CC4)C3=O)n2)cc1C(F)(F)F. The normalized spacial score (nSPS) is 18.2. The molecule has 4 heterocycles. The molecule has 57 heavy (non-hydrogen) atoms. The number of rotatable bonds is 11. The van der Waals surface area contributed by atoms with Crippen molar-refractivity contribution >= 4 is 27.9 Å². The van der Waals surface area contributed by atoms with Gasteiger partial charge in [-0.2, -0.15) is 18.2 Å². The zero-order valence-corrected chi connectivity index (χ0v) is 33.3. The molecular formula is C38H47F3N6O9S. The first-order valence-corrected chi connectivity index (χ1v) is 20.4. The van der Waals surface area contributed by atoms with Crippen LogP contribution >= 0.6 is 0 Å². The molecule has 3 aromatic rings. The topological polar surface area (TPSA) is 165 Å². The minimum absolute atomic E-state index is 0.109. The Hall–Kier alpha value is -4.75. The molecule has 3 saturated heterocycles. The molecule has 3 aliphatic rings. The van der Waals surface area contributed by atoms with Crippen molar-refractivity contribution in [2.75, 3.05) is 58.2 Å². The molecule has 0 bridgehead atoms. The number of carbonyl (C=O) groups is 3. The Morgan fingerprint density at radius 1 is 0.965 bits per heavy atom. The van der Waals surface area contributed by atoms with Crippen LogP contribution in [0.15, 0.2) is 51.9 Å². The van der Waals surface area contributed by atoms with E-state index in [4.69, 9.17) is 18.7 Å². The Kier molecular flexibility index (Phi) is 11.9. The summed E-state index contributed by atoms with van der Waals surface area (Å²) in [5.41, 5.74) is -3.30. The molecule has 1 spiro atoms. The van der Waals surface area contributed by atoms with Crippen LogP contribution in [0.4, 0.5) is 22.8 Å². The number of sulfone groups is 1. The van der Waals surface area contributed by atoms with E-state index in [1.54, 1.807) is 34.6 Å². The molecule has 6 rings (SSSR count). The largest absolute Gasteiger partial charge is 0.455 e. The second-order valence-electron chi connectivity index (χ2n) is 15.7. The number of nitrogens with zero attached hydrogens (tertiary/aromatic N) is 6. The van der Waals surface area contributed by atoms with Gasteiger partial charge in [-0.1, -0.05) is 31.1 Å². The number of alkyl halides is 3. The highest BCUT2D eigenvalue weighted by molar-refractivity contribution is 7.91. The highest BCUT2D eigenvalue weighted by Crippen LogP contribution is 2.42. The first-order chi connectivity index (χ1) is 26.8. The number of likely N-dealkylation sites (tertiary alicyclic amines) is 1. The van der Waals surface area contributed by atoms with Crippen LogP contribution in [0.5, 0.6) is 11.5 Å². The summed E-state index contributed by atoms with van der Waals surface area (Å²) in [5, 5.41) is 3.86. The number of piperidine rings is 1. The average Bonchev–Trinajstić information content (AvgIpc) is 3.67. The highest BCUT2D eigenvalue weighted by atomic mass is 32.2. The van der Waals surface area contributed by atoms with Crippen molar-refractivity contribution in [2.45, 2.75) is 76.2 Å². The Labute approximate surface area is 328 Å². The maximum atomic E-state index is 14.5. The number of ether oxygens (including phenoxy) is 3. The summed E-state index contributed by atoms with van der Waals surface area (Å²) < 4.78 is 91.4. The molecule has 0 unspecified atom stereocenters.